The molecule has 2 aromatic heterocycles. The molecule has 0 saturated carbocycles. The standard InChI is InChI=1S/C9H13N6O8P.Ba/c10-9-11-6-3(7(18)12-9)13-14-15(6)8-5(23-24(19,20)21)4(17)2(1-16)22-8;/h2,4-5,8,16-17H,1H2,(H2,19,20,21)(H3,10,11,12,18);/q;+2. The Hall–Kier alpha value is -0.359. The van der Waals surface area contributed by atoms with Crippen LogP contribution in [-0.4, -0.2) is 119 Å². The molecule has 3 heterocycles. The van der Waals surface area contributed by atoms with Gasteiger partial charge in [-0.15, -0.1) is 5.10 Å². The molecule has 2 aromatic rings. The van der Waals surface area contributed by atoms with Crippen LogP contribution in [0.4, 0.5) is 5.95 Å². The van der Waals surface area contributed by atoms with Gasteiger partial charge in [0.25, 0.3) is 5.56 Å². The van der Waals surface area contributed by atoms with E-state index in [0.29, 0.717) is 0 Å². The number of rotatable bonds is 4. The Balaban J connectivity index is 0.00000225. The number of aromatic amines is 1. The number of nitrogens with zero attached hydrogens (tertiary/aromatic N) is 4. The average molecular weight is 502 g/mol. The van der Waals surface area contributed by atoms with Gasteiger partial charge in [-0.05, 0) is 0 Å². The molecule has 0 aliphatic carbocycles. The van der Waals surface area contributed by atoms with Crippen LogP contribution in [0.3, 0.4) is 0 Å². The van der Waals surface area contributed by atoms with E-state index in [0.717, 1.165) is 4.68 Å². The second-order valence-corrected chi connectivity index (χ2v) is 6.15. The fourth-order valence-electron chi connectivity index (χ4n) is 2.37. The van der Waals surface area contributed by atoms with Crippen LogP contribution < -0.4 is 11.3 Å². The molecule has 0 aromatic carbocycles. The number of nitrogen functional groups attached to an aromatic ring is 1. The Bertz CT molecular complexity index is 867. The monoisotopic (exact) mass is 502 g/mol. The molecular formula is C9H13BaN6O8P+2. The summed E-state index contributed by atoms with van der Waals surface area (Å²) < 4.78 is 21.9. The number of nitrogens with two attached hydrogens (primary N) is 1. The molecule has 3 rings (SSSR count). The molecule has 0 amide bonds. The predicted molar refractivity (Wildman–Crippen MR) is 80.0 cm³/mol. The summed E-state index contributed by atoms with van der Waals surface area (Å²) in [5.74, 6) is -0.249. The number of aliphatic hydroxyl groups is 2. The quantitative estimate of drug-likeness (QED) is 0.177. The molecule has 4 unspecified atom stereocenters. The van der Waals surface area contributed by atoms with E-state index in [1.54, 1.807) is 0 Å². The van der Waals surface area contributed by atoms with Crippen molar-refractivity contribution in [2.24, 2.45) is 0 Å². The average Bonchev–Trinajstić information content (AvgIpc) is 3.00. The molecule has 25 heavy (non-hydrogen) atoms. The van der Waals surface area contributed by atoms with Crippen molar-refractivity contribution >= 4 is 73.8 Å². The first-order valence-corrected chi connectivity index (χ1v) is 8.03. The van der Waals surface area contributed by atoms with Crippen LogP contribution in [0.15, 0.2) is 4.79 Å². The van der Waals surface area contributed by atoms with E-state index in [4.69, 9.17) is 20.3 Å². The Kier molecular flexibility index (Phi) is 6.46. The molecule has 1 fully saturated rings. The van der Waals surface area contributed by atoms with Crippen molar-refractivity contribution in [2.75, 3.05) is 12.3 Å². The topological polar surface area (TPSA) is 219 Å². The number of phosphoric acid groups is 1. The molecule has 0 bridgehead atoms. The minimum Gasteiger partial charge on any atom is -0.394 e. The van der Waals surface area contributed by atoms with Gasteiger partial charge in [0.05, 0.1) is 6.61 Å². The largest absolute Gasteiger partial charge is 2.00 e. The molecule has 1 aliphatic rings. The van der Waals surface area contributed by atoms with Crippen molar-refractivity contribution in [3.8, 4) is 0 Å². The van der Waals surface area contributed by atoms with Crippen molar-refractivity contribution < 1.29 is 33.8 Å². The third-order valence-corrected chi connectivity index (χ3v) is 3.86. The first kappa shape index (κ1) is 20.9. The number of hydrogen-bond donors (Lipinski definition) is 6. The van der Waals surface area contributed by atoms with Gasteiger partial charge in [-0.25, -0.2) is 4.57 Å². The molecule has 1 aliphatic heterocycles. The number of nitrogens with one attached hydrogen (secondary N) is 1. The molecule has 16 heteroatoms. The van der Waals surface area contributed by atoms with Gasteiger partial charge in [0.2, 0.25) is 5.95 Å². The second kappa shape index (κ2) is 7.71. The SMILES string of the molecule is Nc1nc2c(nnn2C2OC(CO)C(O)C2OP(=O)(O)O)c(=O)[nH]1.[Ba+2]. The number of aliphatic hydroxyl groups excluding tert-OH is 2. The van der Waals surface area contributed by atoms with Gasteiger partial charge in [0.1, 0.15) is 18.3 Å². The third kappa shape index (κ3) is 4.15. The Morgan fingerprint density at radius 1 is 1.44 bits per heavy atom. The summed E-state index contributed by atoms with van der Waals surface area (Å²) in [6.07, 6.45) is -5.80. The summed E-state index contributed by atoms with van der Waals surface area (Å²) >= 11 is 0. The number of aromatic nitrogens is 5. The van der Waals surface area contributed by atoms with Gasteiger partial charge in [0, 0.05) is 0 Å². The first-order valence-electron chi connectivity index (χ1n) is 6.50. The Morgan fingerprint density at radius 2 is 2.12 bits per heavy atom. The molecule has 0 radical (unpaired) electrons. The maximum atomic E-state index is 11.7. The van der Waals surface area contributed by atoms with Gasteiger partial charge in [0.15, 0.2) is 17.4 Å². The van der Waals surface area contributed by atoms with E-state index >= 15 is 0 Å². The number of phosphoric ester groups is 1. The number of hydrogen-bond acceptors (Lipinski definition) is 10. The summed E-state index contributed by atoms with van der Waals surface area (Å²) in [7, 11) is -5.00. The van der Waals surface area contributed by atoms with Crippen LogP contribution >= 0.6 is 7.82 Å². The summed E-state index contributed by atoms with van der Waals surface area (Å²) in [5.41, 5.74) is 4.41. The fraction of sp³-hybridized carbons (Fsp3) is 0.556. The van der Waals surface area contributed by atoms with Crippen LogP contribution in [0.1, 0.15) is 6.23 Å². The molecule has 4 atom stereocenters. The molecule has 7 N–H and O–H groups in total. The van der Waals surface area contributed by atoms with E-state index in [-0.39, 0.29) is 66.0 Å². The maximum absolute atomic E-state index is 11.7. The van der Waals surface area contributed by atoms with Gasteiger partial charge in [-0.3, -0.25) is 14.3 Å². The van der Waals surface area contributed by atoms with E-state index in [1.165, 1.54) is 0 Å². The van der Waals surface area contributed by atoms with Crippen LogP contribution in [0, 0.1) is 0 Å². The fourth-order valence-corrected chi connectivity index (χ4v) is 2.91. The zero-order chi connectivity index (χ0) is 17.6. The predicted octanol–water partition coefficient (Wildman–Crippen LogP) is -3.56. The van der Waals surface area contributed by atoms with Crippen LogP contribution in [0.25, 0.3) is 11.2 Å². The summed E-state index contributed by atoms with van der Waals surface area (Å²) in [6, 6.07) is 0. The maximum Gasteiger partial charge on any atom is 2.00 e. The minimum atomic E-state index is -5.00. The van der Waals surface area contributed by atoms with Crippen molar-refractivity contribution in [1.29, 1.82) is 0 Å². The van der Waals surface area contributed by atoms with E-state index in [9.17, 15) is 19.6 Å². The summed E-state index contributed by atoms with van der Waals surface area (Å²) in [6.45, 7) is -0.651. The third-order valence-electron chi connectivity index (χ3n) is 3.35. The van der Waals surface area contributed by atoms with Crippen molar-refractivity contribution in [3.63, 3.8) is 0 Å². The van der Waals surface area contributed by atoms with E-state index in [1.807, 2.05) is 0 Å². The Labute approximate surface area is 178 Å². The molecule has 132 valence electrons. The van der Waals surface area contributed by atoms with Crippen molar-refractivity contribution in [3.05, 3.63) is 10.4 Å². The summed E-state index contributed by atoms with van der Waals surface area (Å²) in [5, 5.41) is 26.5. The van der Waals surface area contributed by atoms with Gasteiger partial charge < -0.3 is 30.5 Å². The zero-order valence-corrected chi connectivity index (χ0v) is 17.8. The number of anilines is 1. The van der Waals surface area contributed by atoms with Gasteiger partial charge in [-0.2, -0.15) is 9.67 Å². The molecule has 1 saturated heterocycles. The smallest absolute Gasteiger partial charge is 0.394 e. The first-order chi connectivity index (χ1) is 11.2. The second-order valence-electron chi connectivity index (χ2n) is 4.96. The normalized spacial score (nSPS) is 26.7. The summed E-state index contributed by atoms with van der Waals surface area (Å²) in [4.78, 5) is 35.8. The minimum absolute atomic E-state index is 0. The van der Waals surface area contributed by atoms with Crippen molar-refractivity contribution in [1.82, 2.24) is 25.0 Å². The van der Waals surface area contributed by atoms with Crippen LogP contribution in [-0.2, 0) is 13.8 Å². The van der Waals surface area contributed by atoms with Gasteiger partial charge in [-0.1, -0.05) is 5.21 Å². The molecular weight excluding hydrogens is 488 g/mol. The number of ether oxygens (including phenoxy) is 1. The number of H-pyrrole nitrogens is 1. The van der Waals surface area contributed by atoms with E-state index < -0.39 is 44.5 Å². The Morgan fingerprint density at radius 3 is 2.72 bits per heavy atom. The van der Waals surface area contributed by atoms with Crippen LogP contribution in [0.2, 0.25) is 0 Å². The van der Waals surface area contributed by atoms with Crippen molar-refractivity contribution in [2.45, 2.75) is 24.5 Å². The molecule has 14 nitrogen and oxygen atoms in total. The zero-order valence-electron chi connectivity index (χ0n) is 12.5. The molecule has 0 spiro atoms. The van der Waals surface area contributed by atoms with Crippen LogP contribution in [0.5, 0.6) is 0 Å². The number of fused-ring (bicyclic) bond motifs is 1. The van der Waals surface area contributed by atoms with Gasteiger partial charge >= 0.3 is 56.7 Å². The van der Waals surface area contributed by atoms with E-state index in [2.05, 4.69) is 24.8 Å².